The van der Waals surface area contributed by atoms with Gasteiger partial charge in [0.1, 0.15) is 11.6 Å². The van der Waals surface area contributed by atoms with Crippen LogP contribution in [0, 0.1) is 11.7 Å². The highest BCUT2D eigenvalue weighted by Gasteiger charge is 2.33. The van der Waals surface area contributed by atoms with Crippen LogP contribution in [0.3, 0.4) is 0 Å². The van der Waals surface area contributed by atoms with Crippen LogP contribution in [0.5, 0.6) is 0 Å². The van der Waals surface area contributed by atoms with Crippen LogP contribution < -0.4 is 10.9 Å². The first-order chi connectivity index (χ1) is 13.6. The number of nitrogens with zero attached hydrogens (tertiary/aromatic N) is 3. The van der Waals surface area contributed by atoms with Gasteiger partial charge in [0.25, 0.3) is 5.56 Å². The van der Waals surface area contributed by atoms with Crippen molar-refractivity contribution >= 4 is 16.6 Å². The number of aromatic nitrogens is 2. The fourth-order valence-electron chi connectivity index (χ4n) is 4.59. The van der Waals surface area contributed by atoms with E-state index in [0.29, 0.717) is 34.3 Å². The predicted octanol–water partition coefficient (Wildman–Crippen LogP) is 3.25. The average Bonchev–Trinajstić information content (AvgIpc) is 2.72. The summed E-state index contributed by atoms with van der Waals surface area (Å²) in [6.45, 7) is 3.46. The molecule has 2 aromatic carbocycles. The largest absolute Gasteiger partial charge is 0.381 e. The number of benzene rings is 2. The summed E-state index contributed by atoms with van der Waals surface area (Å²) in [6, 6.07) is 12.5. The summed E-state index contributed by atoms with van der Waals surface area (Å²) in [7, 11) is 1.64. The van der Waals surface area contributed by atoms with Gasteiger partial charge in [-0.05, 0) is 62.2 Å². The molecule has 6 rings (SSSR count). The molecule has 1 unspecified atom stereocenters. The van der Waals surface area contributed by atoms with Gasteiger partial charge in [0.15, 0.2) is 0 Å². The lowest BCUT2D eigenvalue weighted by atomic mass is 9.84. The summed E-state index contributed by atoms with van der Waals surface area (Å²) in [5.74, 6) is 0.656. The van der Waals surface area contributed by atoms with Crippen molar-refractivity contribution in [2.45, 2.75) is 18.9 Å². The summed E-state index contributed by atoms with van der Waals surface area (Å²) in [4.78, 5) is 20.0. The first-order valence-corrected chi connectivity index (χ1v) is 9.85. The minimum atomic E-state index is -0.384. The molecule has 0 amide bonds. The maximum atomic E-state index is 14.2. The van der Waals surface area contributed by atoms with Gasteiger partial charge in [-0.25, -0.2) is 9.37 Å². The number of nitrogens with one attached hydrogen (secondary N) is 1. The normalized spacial score (nSPS) is 23.9. The zero-order valence-corrected chi connectivity index (χ0v) is 15.9. The SMILES string of the molecule is Cn1c(-c2ccccc2F)nc2ccc(NC3CN4CCC3CC4)cc2c1=O. The molecule has 5 nitrogen and oxygen atoms in total. The highest BCUT2D eigenvalue weighted by Crippen LogP contribution is 2.30. The minimum Gasteiger partial charge on any atom is -0.381 e. The Morgan fingerprint density at radius 2 is 1.93 bits per heavy atom. The Hall–Kier alpha value is -2.73. The fraction of sp³-hybridized carbons (Fsp3) is 0.364. The van der Waals surface area contributed by atoms with Gasteiger partial charge in [0, 0.05) is 25.3 Å². The Labute approximate surface area is 162 Å². The molecule has 3 aliphatic heterocycles. The Bertz CT molecular complexity index is 1100. The van der Waals surface area contributed by atoms with Crippen LogP contribution in [0.4, 0.5) is 10.1 Å². The average molecular weight is 378 g/mol. The molecular weight excluding hydrogens is 355 g/mol. The monoisotopic (exact) mass is 378 g/mol. The van der Waals surface area contributed by atoms with Gasteiger partial charge in [0.2, 0.25) is 0 Å². The molecule has 1 aromatic heterocycles. The lowest BCUT2D eigenvalue weighted by Gasteiger charge is -2.45. The van der Waals surface area contributed by atoms with E-state index in [1.165, 1.54) is 36.6 Å². The maximum absolute atomic E-state index is 14.2. The van der Waals surface area contributed by atoms with Crippen molar-refractivity contribution in [3.8, 4) is 11.4 Å². The van der Waals surface area contributed by atoms with E-state index >= 15 is 0 Å². The van der Waals surface area contributed by atoms with Crippen LogP contribution in [-0.4, -0.2) is 40.1 Å². The van der Waals surface area contributed by atoms with Gasteiger partial charge < -0.3 is 10.2 Å². The molecule has 28 heavy (non-hydrogen) atoms. The Morgan fingerprint density at radius 3 is 2.64 bits per heavy atom. The minimum absolute atomic E-state index is 0.166. The molecule has 2 bridgehead atoms. The summed E-state index contributed by atoms with van der Waals surface area (Å²) >= 11 is 0. The smallest absolute Gasteiger partial charge is 0.261 e. The summed E-state index contributed by atoms with van der Waals surface area (Å²) in [5.41, 5.74) is 1.70. The zero-order chi connectivity index (χ0) is 19.3. The lowest BCUT2D eigenvalue weighted by molar-refractivity contribution is 0.0975. The van der Waals surface area contributed by atoms with Crippen molar-refractivity contribution in [3.63, 3.8) is 0 Å². The van der Waals surface area contributed by atoms with Crippen molar-refractivity contribution in [2.24, 2.45) is 13.0 Å². The third-order valence-electron chi connectivity index (χ3n) is 6.20. The molecule has 3 saturated heterocycles. The number of halogens is 1. The third-order valence-corrected chi connectivity index (χ3v) is 6.20. The van der Waals surface area contributed by atoms with Crippen molar-refractivity contribution in [1.82, 2.24) is 14.5 Å². The summed E-state index contributed by atoms with van der Waals surface area (Å²) in [6.07, 6.45) is 2.47. The van der Waals surface area contributed by atoms with Gasteiger partial charge in [-0.2, -0.15) is 0 Å². The van der Waals surface area contributed by atoms with Gasteiger partial charge in [-0.15, -0.1) is 0 Å². The standard InChI is InChI=1S/C22H23FN4O/c1-26-21(16-4-2-3-5-18(16)23)25-19-7-6-15(12-17(19)22(26)28)24-20-13-27-10-8-14(20)9-11-27/h2-7,12,14,20,24H,8-11,13H2,1H3. The van der Waals surface area contributed by atoms with Crippen molar-refractivity contribution in [3.05, 3.63) is 58.6 Å². The number of rotatable bonds is 3. The van der Waals surface area contributed by atoms with E-state index in [2.05, 4.69) is 15.2 Å². The van der Waals surface area contributed by atoms with Crippen molar-refractivity contribution in [1.29, 1.82) is 0 Å². The number of hydrogen-bond acceptors (Lipinski definition) is 4. The molecule has 0 spiro atoms. The molecule has 0 saturated carbocycles. The van der Waals surface area contributed by atoms with Crippen LogP contribution in [-0.2, 0) is 7.05 Å². The quantitative estimate of drug-likeness (QED) is 0.760. The first-order valence-electron chi connectivity index (χ1n) is 9.85. The number of fused-ring (bicyclic) bond motifs is 4. The molecular formula is C22H23FN4O. The van der Waals surface area contributed by atoms with Gasteiger partial charge >= 0.3 is 0 Å². The van der Waals surface area contributed by atoms with Crippen LogP contribution in [0.1, 0.15) is 12.8 Å². The third kappa shape index (κ3) is 2.88. The topological polar surface area (TPSA) is 50.2 Å². The van der Waals surface area contributed by atoms with Crippen LogP contribution in [0.25, 0.3) is 22.3 Å². The molecule has 3 fully saturated rings. The van der Waals surface area contributed by atoms with Crippen LogP contribution in [0.2, 0.25) is 0 Å². The highest BCUT2D eigenvalue weighted by atomic mass is 19.1. The van der Waals surface area contributed by atoms with Gasteiger partial charge in [-0.1, -0.05) is 12.1 Å². The first kappa shape index (κ1) is 17.4. The van der Waals surface area contributed by atoms with E-state index in [1.807, 2.05) is 18.2 Å². The molecule has 1 atom stereocenters. The van der Waals surface area contributed by atoms with Crippen LogP contribution >= 0.6 is 0 Å². The zero-order valence-electron chi connectivity index (χ0n) is 15.9. The van der Waals surface area contributed by atoms with E-state index in [4.69, 9.17) is 0 Å². The molecule has 1 N–H and O–H groups in total. The van der Waals surface area contributed by atoms with Crippen molar-refractivity contribution in [2.75, 3.05) is 25.0 Å². The molecule has 144 valence electrons. The van der Waals surface area contributed by atoms with E-state index in [0.717, 1.165) is 12.2 Å². The highest BCUT2D eigenvalue weighted by molar-refractivity contribution is 5.83. The summed E-state index contributed by atoms with van der Waals surface area (Å²) in [5, 5.41) is 4.18. The van der Waals surface area contributed by atoms with E-state index in [-0.39, 0.29) is 11.4 Å². The molecule has 6 heteroatoms. The fourth-order valence-corrected chi connectivity index (χ4v) is 4.59. The summed E-state index contributed by atoms with van der Waals surface area (Å²) < 4.78 is 15.6. The molecule has 3 aliphatic rings. The van der Waals surface area contributed by atoms with E-state index in [9.17, 15) is 9.18 Å². The Morgan fingerprint density at radius 1 is 1.14 bits per heavy atom. The molecule has 0 radical (unpaired) electrons. The predicted molar refractivity (Wildman–Crippen MR) is 109 cm³/mol. The lowest BCUT2D eigenvalue weighted by Crippen LogP contribution is -2.53. The maximum Gasteiger partial charge on any atom is 0.261 e. The van der Waals surface area contributed by atoms with Gasteiger partial charge in [0.05, 0.1) is 16.5 Å². The van der Waals surface area contributed by atoms with E-state index in [1.54, 1.807) is 25.2 Å². The van der Waals surface area contributed by atoms with Crippen molar-refractivity contribution < 1.29 is 4.39 Å². The Kier molecular flexibility index (Phi) is 4.16. The second-order valence-electron chi connectivity index (χ2n) is 7.90. The Balaban J connectivity index is 1.52. The number of anilines is 1. The van der Waals surface area contributed by atoms with E-state index < -0.39 is 0 Å². The molecule has 0 aliphatic carbocycles. The molecule has 4 heterocycles. The van der Waals surface area contributed by atoms with Crippen LogP contribution in [0.15, 0.2) is 47.3 Å². The number of piperidine rings is 3. The molecule has 3 aromatic rings. The number of hydrogen-bond donors (Lipinski definition) is 1. The second-order valence-corrected chi connectivity index (χ2v) is 7.90. The second kappa shape index (κ2) is 6.71. The van der Waals surface area contributed by atoms with Gasteiger partial charge in [-0.3, -0.25) is 9.36 Å².